The first-order valence-electron chi connectivity index (χ1n) is 4.66. The molecule has 2 rings (SSSR count). The number of hydrogen-bond acceptors (Lipinski definition) is 3. The van der Waals surface area contributed by atoms with Crippen molar-refractivity contribution in [1.29, 1.82) is 0 Å². The number of hydrogen-bond donors (Lipinski definition) is 1. The van der Waals surface area contributed by atoms with Crippen LogP contribution in [0.4, 0.5) is 0 Å². The van der Waals surface area contributed by atoms with E-state index in [4.69, 9.17) is 9.84 Å². The van der Waals surface area contributed by atoms with Gasteiger partial charge in [-0.15, -0.1) is 0 Å². The van der Waals surface area contributed by atoms with Gasteiger partial charge in [-0.2, -0.15) is 0 Å². The minimum absolute atomic E-state index is 0.220. The van der Waals surface area contributed by atoms with Crippen LogP contribution in [0.25, 0.3) is 0 Å². The van der Waals surface area contributed by atoms with Gasteiger partial charge in [-0.25, -0.2) is 0 Å². The predicted molar refractivity (Wildman–Crippen MR) is 51.0 cm³/mol. The summed E-state index contributed by atoms with van der Waals surface area (Å²) in [5.41, 5.74) is 0.842. The van der Waals surface area contributed by atoms with Crippen LogP contribution in [0.15, 0.2) is 30.3 Å². The molecule has 78 valence electrons. The fourth-order valence-corrected chi connectivity index (χ4v) is 1.65. The molecule has 0 aromatic heterocycles. The molecular weight excluding hydrogens is 196 g/mol. The lowest BCUT2D eigenvalue weighted by Gasteiger charge is -2.07. The number of ether oxygens (including phenoxy) is 1. The molecule has 0 unspecified atom stereocenters. The van der Waals surface area contributed by atoms with E-state index in [0.29, 0.717) is 0 Å². The van der Waals surface area contributed by atoms with Gasteiger partial charge in [0.05, 0.1) is 0 Å². The van der Waals surface area contributed by atoms with Crippen LogP contribution in [-0.4, -0.2) is 17.0 Å². The molecule has 1 fully saturated rings. The van der Waals surface area contributed by atoms with Crippen LogP contribution < -0.4 is 0 Å². The lowest BCUT2D eigenvalue weighted by atomic mass is 10.0. The molecule has 1 N–H and O–H groups in total. The zero-order valence-electron chi connectivity index (χ0n) is 7.92. The maximum Gasteiger partial charge on any atom is 0.321 e. The summed E-state index contributed by atoms with van der Waals surface area (Å²) in [6.07, 6.45) is -0.196. The Morgan fingerprint density at radius 2 is 2.00 bits per heavy atom. The van der Waals surface area contributed by atoms with Gasteiger partial charge in [0.25, 0.3) is 0 Å². The van der Waals surface area contributed by atoms with Gasteiger partial charge in [-0.05, 0) is 5.56 Å². The van der Waals surface area contributed by atoms with Gasteiger partial charge >= 0.3 is 11.9 Å². The third-order valence-electron chi connectivity index (χ3n) is 2.46. The van der Waals surface area contributed by atoms with Gasteiger partial charge in [0.15, 0.2) is 5.92 Å². The van der Waals surface area contributed by atoms with Crippen LogP contribution in [-0.2, 0) is 14.3 Å². The number of aliphatic carboxylic acids is 1. The average molecular weight is 206 g/mol. The Bertz CT molecular complexity index is 385. The van der Waals surface area contributed by atoms with Crippen molar-refractivity contribution >= 4 is 11.9 Å². The van der Waals surface area contributed by atoms with Crippen LogP contribution in [0.1, 0.15) is 18.1 Å². The van der Waals surface area contributed by atoms with Crippen molar-refractivity contribution < 1.29 is 19.4 Å². The van der Waals surface area contributed by atoms with E-state index in [1.807, 2.05) is 30.3 Å². The molecule has 1 aromatic rings. The molecule has 4 heteroatoms. The molecule has 1 heterocycles. The molecule has 0 saturated carbocycles. The molecule has 0 amide bonds. The highest BCUT2D eigenvalue weighted by Crippen LogP contribution is 2.33. The van der Waals surface area contributed by atoms with E-state index in [1.165, 1.54) is 0 Å². The molecule has 15 heavy (non-hydrogen) atoms. The second-order valence-corrected chi connectivity index (χ2v) is 3.46. The number of carboxylic acid groups (broad SMARTS) is 1. The summed E-state index contributed by atoms with van der Waals surface area (Å²) in [5.74, 6) is -2.77. The maximum atomic E-state index is 11.2. The third-order valence-corrected chi connectivity index (χ3v) is 2.46. The lowest BCUT2D eigenvalue weighted by Crippen LogP contribution is -2.17. The normalized spacial score (nSPS) is 24.9. The van der Waals surface area contributed by atoms with Gasteiger partial charge in [0, 0.05) is 6.42 Å². The quantitative estimate of drug-likeness (QED) is 0.586. The molecule has 1 aliphatic rings. The van der Waals surface area contributed by atoms with E-state index in [2.05, 4.69) is 0 Å². The Morgan fingerprint density at radius 1 is 1.33 bits per heavy atom. The van der Waals surface area contributed by atoms with Crippen molar-refractivity contribution in [3.63, 3.8) is 0 Å². The van der Waals surface area contributed by atoms with Crippen LogP contribution in [0.2, 0.25) is 0 Å². The van der Waals surface area contributed by atoms with Crippen LogP contribution in [0.5, 0.6) is 0 Å². The predicted octanol–water partition coefficient (Wildman–Crippen LogP) is 1.38. The molecule has 0 radical (unpaired) electrons. The number of cyclic esters (lactones) is 1. The number of benzene rings is 1. The first kappa shape index (κ1) is 9.71. The molecule has 1 aliphatic heterocycles. The van der Waals surface area contributed by atoms with Crippen molar-refractivity contribution in [3.8, 4) is 0 Å². The zero-order chi connectivity index (χ0) is 10.8. The molecule has 2 atom stereocenters. The standard InChI is InChI=1S/C11H10O4/c12-10(13)8-6-9(15-11(8)14)7-4-2-1-3-5-7/h1-5,8-9H,6H2,(H,12,13)/t8-,9-/m1/s1. The van der Waals surface area contributed by atoms with E-state index in [9.17, 15) is 9.59 Å². The molecular formula is C11H10O4. The monoisotopic (exact) mass is 206 g/mol. The Morgan fingerprint density at radius 3 is 2.53 bits per heavy atom. The lowest BCUT2D eigenvalue weighted by molar-refractivity contribution is -0.153. The van der Waals surface area contributed by atoms with Crippen LogP contribution >= 0.6 is 0 Å². The van der Waals surface area contributed by atoms with E-state index in [0.717, 1.165) is 5.56 Å². The van der Waals surface area contributed by atoms with Gasteiger partial charge in [-0.1, -0.05) is 30.3 Å². The van der Waals surface area contributed by atoms with E-state index < -0.39 is 24.0 Å². The number of rotatable bonds is 2. The second-order valence-electron chi connectivity index (χ2n) is 3.46. The molecule has 0 aliphatic carbocycles. The Balaban J connectivity index is 2.16. The fourth-order valence-electron chi connectivity index (χ4n) is 1.65. The topological polar surface area (TPSA) is 63.6 Å². The third kappa shape index (κ3) is 1.83. The molecule has 4 nitrogen and oxygen atoms in total. The van der Waals surface area contributed by atoms with E-state index >= 15 is 0 Å². The summed E-state index contributed by atoms with van der Waals surface area (Å²) in [7, 11) is 0. The van der Waals surface area contributed by atoms with Gasteiger partial charge < -0.3 is 9.84 Å². The number of esters is 1. The summed E-state index contributed by atoms with van der Waals surface area (Å²) in [4.78, 5) is 21.9. The number of carbonyl (C=O) groups excluding carboxylic acids is 1. The number of carboxylic acids is 1. The summed E-state index contributed by atoms with van der Waals surface area (Å²) >= 11 is 0. The van der Waals surface area contributed by atoms with Crippen LogP contribution in [0, 0.1) is 5.92 Å². The largest absolute Gasteiger partial charge is 0.481 e. The zero-order valence-corrected chi connectivity index (χ0v) is 7.92. The van der Waals surface area contributed by atoms with E-state index in [1.54, 1.807) is 0 Å². The van der Waals surface area contributed by atoms with Crippen molar-refractivity contribution in [3.05, 3.63) is 35.9 Å². The SMILES string of the molecule is O=C(O)[C@H]1C[C@H](c2ccccc2)OC1=O. The summed E-state index contributed by atoms with van der Waals surface area (Å²) in [5, 5.41) is 8.75. The fraction of sp³-hybridized carbons (Fsp3) is 0.273. The Kier molecular flexibility index (Phi) is 2.41. The van der Waals surface area contributed by atoms with Crippen molar-refractivity contribution in [1.82, 2.24) is 0 Å². The Labute approximate surface area is 86.5 Å². The highest BCUT2D eigenvalue weighted by molar-refractivity contribution is 5.95. The summed E-state index contributed by atoms with van der Waals surface area (Å²) in [6, 6.07) is 9.16. The summed E-state index contributed by atoms with van der Waals surface area (Å²) < 4.78 is 5.00. The molecule has 1 saturated heterocycles. The molecule has 1 aromatic carbocycles. The molecule has 0 bridgehead atoms. The minimum atomic E-state index is -1.11. The Hall–Kier alpha value is -1.84. The maximum absolute atomic E-state index is 11.2. The van der Waals surface area contributed by atoms with E-state index in [-0.39, 0.29) is 6.42 Å². The first-order chi connectivity index (χ1) is 7.18. The second kappa shape index (κ2) is 3.73. The van der Waals surface area contributed by atoms with Crippen LogP contribution in [0.3, 0.4) is 0 Å². The average Bonchev–Trinajstić information content (AvgIpc) is 2.62. The van der Waals surface area contributed by atoms with Gasteiger partial charge in [-0.3, -0.25) is 9.59 Å². The highest BCUT2D eigenvalue weighted by atomic mass is 16.6. The summed E-state index contributed by atoms with van der Waals surface area (Å²) in [6.45, 7) is 0. The van der Waals surface area contributed by atoms with Gasteiger partial charge in [0.1, 0.15) is 6.10 Å². The highest BCUT2D eigenvalue weighted by Gasteiger charge is 2.40. The van der Waals surface area contributed by atoms with Crippen molar-refractivity contribution in [2.45, 2.75) is 12.5 Å². The smallest absolute Gasteiger partial charge is 0.321 e. The van der Waals surface area contributed by atoms with Crippen molar-refractivity contribution in [2.24, 2.45) is 5.92 Å². The first-order valence-corrected chi connectivity index (χ1v) is 4.66. The minimum Gasteiger partial charge on any atom is -0.481 e. The van der Waals surface area contributed by atoms with Gasteiger partial charge in [0.2, 0.25) is 0 Å². The van der Waals surface area contributed by atoms with Crippen molar-refractivity contribution in [2.75, 3.05) is 0 Å². The molecule has 0 spiro atoms. The number of carbonyl (C=O) groups is 2.